The van der Waals surface area contributed by atoms with Crippen LogP contribution in [0, 0.1) is 0 Å². The standard InChI is InChI=1S/C13H16O5/c1-8(14)10-6-9(4-3-5-13(16)17)12(18-2)7-11(10)15/h6-7,15H,3-5H2,1-2H3,(H,16,17). The second-order valence-electron chi connectivity index (χ2n) is 3.98. The van der Waals surface area contributed by atoms with Crippen molar-refractivity contribution in [2.75, 3.05) is 7.11 Å². The Morgan fingerprint density at radius 1 is 1.33 bits per heavy atom. The molecule has 0 unspecified atom stereocenters. The Balaban J connectivity index is 2.97. The molecule has 0 spiro atoms. The summed E-state index contributed by atoms with van der Waals surface area (Å²) in [4.78, 5) is 21.8. The number of methoxy groups -OCH3 is 1. The Kier molecular flexibility index (Phi) is 4.71. The van der Waals surface area contributed by atoms with Crippen molar-refractivity contribution in [3.05, 3.63) is 23.3 Å². The van der Waals surface area contributed by atoms with E-state index >= 15 is 0 Å². The average molecular weight is 252 g/mol. The van der Waals surface area contributed by atoms with E-state index in [0.717, 1.165) is 5.56 Å². The van der Waals surface area contributed by atoms with Gasteiger partial charge in [0.25, 0.3) is 0 Å². The topological polar surface area (TPSA) is 83.8 Å². The molecule has 0 fully saturated rings. The SMILES string of the molecule is COc1cc(O)c(C(C)=O)cc1CCCC(=O)O. The molecule has 2 N–H and O–H groups in total. The lowest BCUT2D eigenvalue weighted by Gasteiger charge is -2.11. The summed E-state index contributed by atoms with van der Waals surface area (Å²) >= 11 is 0. The van der Waals surface area contributed by atoms with Crippen LogP contribution in [0.5, 0.6) is 11.5 Å². The summed E-state index contributed by atoms with van der Waals surface area (Å²) in [6.45, 7) is 1.36. The van der Waals surface area contributed by atoms with Crippen molar-refractivity contribution in [2.45, 2.75) is 26.2 Å². The molecule has 5 nitrogen and oxygen atoms in total. The molecule has 0 saturated carbocycles. The smallest absolute Gasteiger partial charge is 0.303 e. The minimum atomic E-state index is -0.862. The summed E-state index contributed by atoms with van der Waals surface area (Å²) in [6.07, 6.45) is 0.989. The van der Waals surface area contributed by atoms with E-state index in [1.54, 1.807) is 6.07 Å². The number of aliphatic carboxylic acids is 1. The van der Waals surface area contributed by atoms with Crippen molar-refractivity contribution < 1.29 is 24.5 Å². The molecule has 0 bridgehead atoms. The molecule has 0 aliphatic heterocycles. The van der Waals surface area contributed by atoms with Gasteiger partial charge in [-0.2, -0.15) is 0 Å². The van der Waals surface area contributed by atoms with Crippen LogP contribution in [0.2, 0.25) is 0 Å². The molecular weight excluding hydrogens is 236 g/mol. The summed E-state index contributed by atoms with van der Waals surface area (Å²) in [5.74, 6) is -0.765. The van der Waals surface area contributed by atoms with Crippen LogP contribution in [-0.2, 0) is 11.2 Å². The van der Waals surface area contributed by atoms with Crippen LogP contribution in [0.1, 0.15) is 35.7 Å². The van der Waals surface area contributed by atoms with E-state index in [9.17, 15) is 14.7 Å². The lowest BCUT2D eigenvalue weighted by Crippen LogP contribution is -2.01. The highest BCUT2D eigenvalue weighted by Gasteiger charge is 2.13. The first-order valence-electron chi connectivity index (χ1n) is 5.58. The number of carbonyl (C=O) groups excluding carboxylic acids is 1. The summed E-state index contributed by atoms with van der Waals surface area (Å²) in [5, 5.41) is 18.2. The second kappa shape index (κ2) is 6.05. The molecule has 1 aromatic rings. The number of phenolic OH excluding ortho intramolecular Hbond substituents is 1. The minimum Gasteiger partial charge on any atom is -0.507 e. The first-order valence-corrected chi connectivity index (χ1v) is 5.58. The maximum atomic E-state index is 11.3. The van der Waals surface area contributed by atoms with Gasteiger partial charge < -0.3 is 14.9 Å². The number of carbonyl (C=O) groups is 2. The molecule has 1 rings (SSSR count). The van der Waals surface area contributed by atoms with Crippen molar-refractivity contribution in [1.82, 2.24) is 0 Å². The van der Waals surface area contributed by atoms with E-state index in [2.05, 4.69) is 0 Å². The van der Waals surface area contributed by atoms with Gasteiger partial charge in [-0.15, -0.1) is 0 Å². The van der Waals surface area contributed by atoms with Crippen molar-refractivity contribution in [3.8, 4) is 11.5 Å². The summed E-state index contributed by atoms with van der Waals surface area (Å²) in [6, 6.07) is 2.94. The quantitative estimate of drug-likeness (QED) is 0.756. The van der Waals surface area contributed by atoms with Gasteiger partial charge in [-0.25, -0.2) is 0 Å². The van der Waals surface area contributed by atoms with Gasteiger partial charge in [-0.05, 0) is 31.4 Å². The van der Waals surface area contributed by atoms with E-state index in [1.165, 1.54) is 20.1 Å². The zero-order chi connectivity index (χ0) is 13.7. The highest BCUT2D eigenvalue weighted by molar-refractivity contribution is 5.97. The third kappa shape index (κ3) is 3.48. The third-order valence-corrected chi connectivity index (χ3v) is 2.61. The third-order valence-electron chi connectivity index (χ3n) is 2.61. The number of benzene rings is 1. The second-order valence-corrected chi connectivity index (χ2v) is 3.98. The zero-order valence-electron chi connectivity index (χ0n) is 10.4. The molecule has 0 aromatic heterocycles. The molecule has 0 amide bonds. The number of ketones is 1. The van der Waals surface area contributed by atoms with E-state index in [4.69, 9.17) is 9.84 Å². The van der Waals surface area contributed by atoms with Crippen molar-refractivity contribution in [2.24, 2.45) is 0 Å². The first-order chi connectivity index (χ1) is 8.45. The van der Waals surface area contributed by atoms with Gasteiger partial charge in [0, 0.05) is 12.5 Å². The Bertz CT molecular complexity index is 465. The Morgan fingerprint density at radius 2 is 2.00 bits per heavy atom. The lowest BCUT2D eigenvalue weighted by atomic mass is 10.0. The molecular formula is C13H16O5. The number of hydrogen-bond donors (Lipinski definition) is 2. The fourth-order valence-corrected chi connectivity index (χ4v) is 1.71. The van der Waals surface area contributed by atoms with Gasteiger partial charge in [0.05, 0.1) is 12.7 Å². The van der Waals surface area contributed by atoms with Crippen LogP contribution >= 0.6 is 0 Å². The number of hydrogen-bond acceptors (Lipinski definition) is 4. The van der Waals surface area contributed by atoms with Crippen LogP contribution in [0.15, 0.2) is 12.1 Å². The van der Waals surface area contributed by atoms with Gasteiger partial charge in [0.1, 0.15) is 11.5 Å². The molecule has 18 heavy (non-hydrogen) atoms. The number of rotatable bonds is 6. The maximum absolute atomic E-state index is 11.3. The molecule has 0 atom stereocenters. The fourth-order valence-electron chi connectivity index (χ4n) is 1.71. The Hall–Kier alpha value is -2.04. The Morgan fingerprint density at radius 3 is 2.50 bits per heavy atom. The normalized spacial score (nSPS) is 10.1. The summed E-state index contributed by atoms with van der Waals surface area (Å²) in [7, 11) is 1.46. The fraction of sp³-hybridized carbons (Fsp3) is 0.385. The van der Waals surface area contributed by atoms with Crippen LogP contribution in [0.4, 0.5) is 0 Å². The van der Waals surface area contributed by atoms with Gasteiger partial charge in [0.15, 0.2) is 5.78 Å². The number of ether oxygens (including phenoxy) is 1. The van der Waals surface area contributed by atoms with E-state index in [0.29, 0.717) is 18.6 Å². The van der Waals surface area contributed by atoms with Gasteiger partial charge >= 0.3 is 5.97 Å². The number of Topliss-reactive ketones (excluding diaryl/α,β-unsaturated/α-hetero) is 1. The molecule has 0 aliphatic carbocycles. The Labute approximate surface area is 105 Å². The number of aromatic hydroxyl groups is 1. The average Bonchev–Trinajstić information content (AvgIpc) is 2.29. The molecule has 0 radical (unpaired) electrons. The van der Waals surface area contributed by atoms with E-state index in [-0.39, 0.29) is 23.5 Å². The molecule has 0 aliphatic rings. The number of aryl methyl sites for hydroxylation is 1. The molecule has 0 saturated heterocycles. The van der Waals surface area contributed by atoms with Gasteiger partial charge in [-0.1, -0.05) is 0 Å². The number of carboxylic acids is 1. The van der Waals surface area contributed by atoms with Crippen LogP contribution in [0.3, 0.4) is 0 Å². The predicted octanol–water partition coefficient (Wildman–Crippen LogP) is 2.01. The summed E-state index contributed by atoms with van der Waals surface area (Å²) < 4.78 is 5.10. The highest BCUT2D eigenvalue weighted by Crippen LogP contribution is 2.29. The monoisotopic (exact) mass is 252 g/mol. The van der Waals surface area contributed by atoms with E-state index in [1.807, 2.05) is 0 Å². The van der Waals surface area contributed by atoms with Crippen LogP contribution in [0.25, 0.3) is 0 Å². The lowest BCUT2D eigenvalue weighted by molar-refractivity contribution is -0.137. The largest absolute Gasteiger partial charge is 0.507 e. The minimum absolute atomic E-state index is 0.0550. The predicted molar refractivity (Wildman–Crippen MR) is 65.2 cm³/mol. The molecule has 5 heteroatoms. The van der Waals surface area contributed by atoms with Crippen molar-refractivity contribution >= 4 is 11.8 Å². The number of carboxylic acid groups (broad SMARTS) is 1. The van der Waals surface area contributed by atoms with Crippen molar-refractivity contribution in [3.63, 3.8) is 0 Å². The van der Waals surface area contributed by atoms with Gasteiger partial charge in [0.2, 0.25) is 0 Å². The highest BCUT2D eigenvalue weighted by atomic mass is 16.5. The maximum Gasteiger partial charge on any atom is 0.303 e. The summed E-state index contributed by atoms with van der Waals surface area (Å²) in [5.41, 5.74) is 0.947. The number of phenols is 1. The van der Waals surface area contributed by atoms with Crippen LogP contribution in [-0.4, -0.2) is 29.1 Å². The molecule has 0 heterocycles. The molecule has 1 aromatic carbocycles. The van der Waals surface area contributed by atoms with Gasteiger partial charge in [-0.3, -0.25) is 9.59 Å². The first kappa shape index (κ1) is 14.0. The van der Waals surface area contributed by atoms with Crippen molar-refractivity contribution in [1.29, 1.82) is 0 Å². The van der Waals surface area contributed by atoms with E-state index < -0.39 is 5.97 Å². The van der Waals surface area contributed by atoms with Crippen LogP contribution < -0.4 is 4.74 Å². The molecule has 98 valence electrons. The zero-order valence-corrected chi connectivity index (χ0v) is 10.4.